The van der Waals surface area contributed by atoms with Gasteiger partial charge in [-0.2, -0.15) is 0 Å². The lowest BCUT2D eigenvalue weighted by Gasteiger charge is -2.22. The number of benzene rings is 2. The van der Waals surface area contributed by atoms with Gasteiger partial charge >= 0.3 is 5.69 Å². The number of rotatable bonds is 7. The number of fused-ring (bicyclic) bond motifs is 1. The Bertz CT molecular complexity index is 1410. The van der Waals surface area contributed by atoms with Crippen molar-refractivity contribution in [2.45, 2.75) is 19.5 Å². The van der Waals surface area contributed by atoms with Crippen LogP contribution in [0.1, 0.15) is 33.9 Å². The fourth-order valence-corrected chi connectivity index (χ4v) is 4.75. The van der Waals surface area contributed by atoms with Crippen LogP contribution < -0.4 is 17.0 Å². The fourth-order valence-electron chi connectivity index (χ4n) is 3.66. The van der Waals surface area contributed by atoms with Crippen LogP contribution in [0.2, 0.25) is 0 Å². The van der Waals surface area contributed by atoms with Gasteiger partial charge in [-0.3, -0.25) is 23.6 Å². The van der Waals surface area contributed by atoms with Crippen LogP contribution in [0, 0.1) is 0 Å². The largest absolute Gasteiger partial charge is 0.384 e. The number of hydrogen-bond acceptors (Lipinski definition) is 7. The Morgan fingerprint density at radius 2 is 1.79 bits per heavy atom. The summed E-state index contributed by atoms with van der Waals surface area (Å²) in [6.45, 7) is 2.08. The predicted molar refractivity (Wildman–Crippen MR) is 131 cm³/mol. The summed E-state index contributed by atoms with van der Waals surface area (Å²) in [6, 6.07) is 17.0. The van der Waals surface area contributed by atoms with Gasteiger partial charge in [-0.25, -0.2) is 9.78 Å². The first-order valence-corrected chi connectivity index (χ1v) is 11.3. The minimum Gasteiger partial charge on any atom is -0.384 e. The van der Waals surface area contributed by atoms with Crippen LogP contribution in [0.15, 0.2) is 64.2 Å². The first kappa shape index (κ1) is 22.6. The van der Waals surface area contributed by atoms with E-state index in [1.165, 1.54) is 11.6 Å². The first-order valence-electron chi connectivity index (χ1n) is 10.5. The summed E-state index contributed by atoms with van der Waals surface area (Å²) in [5, 5.41) is 0.876. The molecule has 2 N–H and O–H groups in total. The average Bonchev–Trinajstić information content (AvgIpc) is 3.25. The number of carbonyl (C=O) groups is 1. The van der Waals surface area contributed by atoms with E-state index in [4.69, 9.17) is 5.73 Å². The van der Waals surface area contributed by atoms with Crippen LogP contribution in [0.5, 0.6) is 0 Å². The molecule has 0 amide bonds. The average molecular weight is 464 g/mol. The van der Waals surface area contributed by atoms with E-state index < -0.39 is 17.0 Å². The lowest BCUT2D eigenvalue weighted by molar-refractivity contribution is 0.0922. The summed E-state index contributed by atoms with van der Waals surface area (Å²) in [6.07, 6.45) is 0. The quantitative estimate of drug-likeness (QED) is 0.423. The number of nitrogen functional groups attached to an aromatic ring is 1. The molecule has 0 saturated carbocycles. The fraction of sp³-hybridized carbons (Fsp3) is 0.250. The molecule has 1 atom stereocenters. The Labute approximate surface area is 194 Å². The second-order valence-electron chi connectivity index (χ2n) is 8.01. The number of aromatic nitrogens is 3. The van der Waals surface area contributed by atoms with Crippen molar-refractivity contribution < 1.29 is 4.79 Å². The standard InChI is InChI=1S/C24H25N5O3S/c1-15(22-26-17-11-7-8-12-19(17)33-22)27(2)14-18(30)20-21(25)29(24(32)28(3)23(20)31)13-16-9-5-4-6-10-16/h4-12,15H,13-14,25H2,1-3H3/t15-/m0/s1. The molecule has 0 radical (unpaired) electrons. The van der Waals surface area contributed by atoms with E-state index >= 15 is 0 Å². The van der Waals surface area contributed by atoms with Crippen molar-refractivity contribution in [3.63, 3.8) is 0 Å². The zero-order valence-corrected chi connectivity index (χ0v) is 19.5. The van der Waals surface area contributed by atoms with E-state index in [9.17, 15) is 14.4 Å². The van der Waals surface area contributed by atoms with Gasteiger partial charge in [-0.1, -0.05) is 42.5 Å². The third-order valence-electron chi connectivity index (χ3n) is 5.77. The summed E-state index contributed by atoms with van der Waals surface area (Å²) >= 11 is 1.57. The molecule has 9 heteroatoms. The van der Waals surface area contributed by atoms with Crippen molar-refractivity contribution in [3.8, 4) is 0 Å². The van der Waals surface area contributed by atoms with Crippen LogP contribution in [-0.4, -0.2) is 38.4 Å². The van der Waals surface area contributed by atoms with E-state index in [2.05, 4.69) is 4.98 Å². The number of hydrogen-bond donors (Lipinski definition) is 1. The number of nitrogens with zero attached hydrogens (tertiary/aromatic N) is 4. The van der Waals surface area contributed by atoms with E-state index in [1.807, 2.05) is 66.4 Å². The summed E-state index contributed by atoms with van der Waals surface area (Å²) in [4.78, 5) is 45.2. The van der Waals surface area contributed by atoms with Gasteiger partial charge in [0.1, 0.15) is 16.4 Å². The molecule has 33 heavy (non-hydrogen) atoms. The molecule has 0 fully saturated rings. The maximum absolute atomic E-state index is 13.2. The Morgan fingerprint density at radius 3 is 2.48 bits per heavy atom. The van der Waals surface area contributed by atoms with Crippen LogP contribution in [0.3, 0.4) is 0 Å². The van der Waals surface area contributed by atoms with Gasteiger partial charge in [0.25, 0.3) is 5.56 Å². The second-order valence-corrected chi connectivity index (χ2v) is 9.08. The summed E-state index contributed by atoms with van der Waals surface area (Å²) in [7, 11) is 3.16. The number of nitrogens with two attached hydrogens (primary N) is 1. The molecule has 2 aromatic heterocycles. The molecular weight excluding hydrogens is 438 g/mol. The maximum atomic E-state index is 13.2. The number of para-hydroxylation sites is 1. The molecule has 2 heterocycles. The molecule has 2 aromatic carbocycles. The molecule has 4 rings (SSSR count). The predicted octanol–water partition coefficient (Wildman–Crippen LogP) is 2.66. The van der Waals surface area contributed by atoms with Crippen LogP contribution in [0.4, 0.5) is 5.82 Å². The topological polar surface area (TPSA) is 103 Å². The number of carbonyl (C=O) groups excluding carboxylic acids is 1. The number of ketones is 1. The lowest BCUT2D eigenvalue weighted by Crippen LogP contribution is -2.44. The zero-order valence-electron chi connectivity index (χ0n) is 18.7. The number of thiazole rings is 1. The van der Waals surface area contributed by atoms with Gasteiger partial charge in [0.15, 0.2) is 5.78 Å². The molecule has 0 aliphatic rings. The molecule has 0 saturated heterocycles. The Hall–Kier alpha value is -3.56. The normalized spacial score (nSPS) is 12.4. The third-order valence-corrected chi connectivity index (χ3v) is 6.97. The summed E-state index contributed by atoms with van der Waals surface area (Å²) < 4.78 is 3.27. The summed E-state index contributed by atoms with van der Waals surface area (Å²) in [5.41, 5.74) is 6.55. The number of Topliss-reactive ketones (excluding diaryl/α,β-unsaturated/α-hetero) is 1. The molecule has 0 unspecified atom stereocenters. The van der Waals surface area contributed by atoms with Gasteiger partial charge in [-0.05, 0) is 31.7 Å². The van der Waals surface area contributed by atoms with Gasteiger partial charge in [0.2, 0.25) is 0 Å². The van der Waals surface area contributed by atoms with Crippen molar-refractivity contribution in [2.75, 3.05) is 19.3 Å². The van der Waals surface area contributed by atoms with Crippen LogP contribution >= 0.6 is 11.3 Å². The monoisotopic (exact) mass is 463 g/mol. The third kappa shape index (κ3) is 4.37. The molecule has 0 aliphatic heterocycles. The van der Waals surface area contributed by atoms with Gasteiger partial charge in [-0.15, -0.1) is 11.3 Å². The van der Waals surface area contributed by atoms with E-state index in [0.29, 0.717) is 0 Å². The highest BCUT2D eigenvalue weighted by molar-refractivity contribution is 7.18. The summed E-state index contributed by atoms with van der Waals surface area (Å²) in [5.74, 6) is -0.552. The van der Waals surface area contributed by atoms with Crippen molar-refractivity contribution >= 4 is 33.2 Å². The zero-order chi connectivity index (χ0) is 23.7. The molecule has 0 spiro atoms. The second kappa shape index (κ2) is 9.13. The first-order chi connectivity index (χ1) is 15.8. The van der Waals surface area contributed by atoms with E-state index in [0.717, 1.165) is 25.4 Å². The number of likely N-dealkylation sites (N-methyl/N-ethyl adjacent to an activating group) is 1. The molecule has 0 aliphatic carbocycles. The minimum atomic E-state index is -0.687. The van der Waals surface area contributed by atoms with Crippen LogP contribution in [0.25, 0.3) is 10.2 Å². The van der Waals surface area contributed by atoms with E-state index in [-0.39, 0.29) is 30.5 Å². The highest BCUT2D eigenvalue weighted by atomic mass is 32.1. The molecule has 170 valence electrons. The van der Waals surface area contributed by atoms with Crippen LogP contribution in [-0.2, 0) is 13.6 Å². The Morgan fingerprint density at radius 1 is 1.12 bits per heavy atom. The number of anilines is 1. The highest BCUT2D eigenvalue weighted by Crippen LogP contribution is 2.28. The smallest absolute Gasteiger partial charge is 0.332 e. The van der Waals surface area contributed by atoms with Gasteiger partial charge in [0, 0.05) is 7.05 Å². The SMILES string of the molecule is C[C@@H](c1nc2ccccc2s1)N(C)CC(=O)c1c(N)n(Cc2ccccc2)c(=O)n(C)c1=O. The Kier molecular flexibility index (Phi) is 6.26. The maximum Gasteiger partial charge on any atom is 0.332 e. The molecule has 0 bridgehead atoms. The minimum absolute atomic E-state index is 0.0416. The van der Waals surface area contributed by atoms with E-state index in [1.54, 1.807) is 18.4 Å². The van der Waals surface area contributed by atoms with Crippen molar-refractivity contribution in [1.82, 2.24) is 19.0 Å². The van der Waals surface area contributed by atoms with Gasteiger partial charge in [0.05, 0.1) is 29.3 Å². The molecule has 4 aromatic rings. The molecule has 8 nitrogen and oxygen atoms in total. The van der Waals surface area contributed by atoms with Crippen molar-refractivity contribution in [3.05, 3.63) is 91.6 Å². The van der Waals surface area contributed by atoms with Gasteiger partial charge < -0.3 is 5.73 Å². The lowest BCUT2D eigenvalue weighted by atomic mass is 10.1. The highest BCUT2D eigenvalue weighted by Gasteiger charge is 2.25. The Balaban J connectivity index is 1.63. The van der Waals surface area contributed by atoms with Crippen molar-refractivity contribution in [1.29, 1.82) is 0 Å². The van der Waals surface area contributed by atoms with Crippen molar-refractivity contribution in [2.24, 2.45) is 7.05 Å². The molecular formula is C24H25N5O3S.